The third-order valence-corrected chi connectivity index (χ3v) is 8.21. The number of carbonyl (C=O) groups is 2. The van der Waals surface area contributed by atoms with Crippen LogP contribution in [-0.4, -0.2) is 198 Å². The van der Waals surface area contributed by atoms with Crippen LogP contribution in [0.3, 0.4) is 0 Å². The van der Waals surface area contributed by atoms with Crippen LogP contribution in [0, 0.1) is 0 Å². The molecule has 2 aromatic heterocycles. The maximum Gasteiger partial charge on any atom is 0.407 e. The summed E-state index contributed by atoms with van der Waals surface area (Å²) in [6.45, 7) is 8.40. The fourth-order valence-corrected chi connectivity index (χ4v) is 5.07. The largest absolute Gasteiger partial charge is 0.491 e. The van der Waals surface area contributed by atoms with Crippen LogP contribution < -0.4 is 20.1 Å². The van der Waals surface area contributed by atoms with Gasteiger partial charge in [-0.25, -0.2) is 9.59 Å². The van der Waals surface area contributed by atoms with Crippen molar-refractivity contribution in [2.24, 2.45) is 0 Å². The van der Waals surface area contributed by atoms with E-state index in [9.17, 15) is 9.59 Å². The van der Waals surface area contributed by atoms with E-state index in [4.69, 9.17) is 78.3 Å². The molecule has 0 aliphatic rings. The number of aliphatic hydroxyl groups is 1. The van der Waals surface area contributed by atoms with E-state index in [1.54, 1.807) is 36.7 Å². The number of unbranched alkanes of at least 4 members (excludes halogenated alkanes) is 3. The number of aromatic nitrogens is 2. The first-order chi connectivity index (χ1) is 31.1. The van der Waals surface area contributed by atoms with Crippen molar-refractivity contribution in [2.45, 2.75) is 25.7 Å². The molecule has 2 heterocycles. The highest BCUT2D eigenvalue weighted by Crippen LogP contribution is 2.23. The van der Waals surface area contributed by atoms with Gasteiger partial charge in [0.1, 0.15) is 37.9 Å². The van der Waals surface area contributed by atoms with Crippen LogP contribution in [0.2, 0.25) is 0 Å². The zero-order valence-electron chi connectivity index (χ0n) is 36.5. The van der Waals surface area contributed by atoms with Gasteiger partial charge >= 0.3 is 12.2 Å². The Morgan fingerprint density at radius 1 is 0.460 bits per heavy atom. The summed E-state index contributed by atoms with van der Waals surface area (Å²) in [5.74, 6) is 1.97. The lowest BCUT2D eigenvalue weighted by Gasteiger charge is -2.10. The van der Waals surface area contributed by atoms with E-state index >= 15 is 0 Å². The van der Waals surface area contributed by atoms with Gasteiger partial charge in [0.2, 0.25) is 0 Å². The summed E-state index contributed by atoms with van der Waals surface area (Å²) < 4.78 is 70.5. The number of amides is 2. The van der Waals surface area contributed by atoms with Gasteiger partial charge in [-0.15, -0.1) is 11.6 Å². The van der Waals surface area contributed by atoms with Crippen molar-refractivity contribution >= 4 is 23.8 Å². The highest BCUT2D eigenvalue weighted by molar-refractivity contribution is 6.17. The number of hydrogen-bond acceptors (Lipinski definition) is 18. The minimum atomic E-state index is -0.563. The zero-order chi connectivity index (χ0) is 44.9. The maximum atomic E-state index is 11.8. The first-order valence-corrected chi connectivity index (χ1v) is 22.0. The summed E-state index contributed by atoms with van der Waals surface area (Å²) in [5.41, 5.74) is 1.27. The van der Waals surface area contributed by atoms with Gasteiger partial charge in [0.25, 0.3) is 0 Å². The topological polar surface area (TPSA) is 224 Å². The highest BCUT2D eigenvalue weighted by Gasteiger charge is 2.07. The van der Waals surface area contributed by atoms with E-state index in [-0.39, 0.29) is 39.6 Å². The second-order valence-electron chi connectivity index (χ2n) is 12.9. The van der Waals surface area contributed by atoms with Gasteiger partial charge in [-0.3, -0.25) is 9.97 Å². The summed E-state index contributed by atoms with van der Waals surface area (Å²) >= 11 is 5.65. The lowest BCUT2D eigenvalue weighted by molar-refractivity contribution is 0.00556. The molecule has 0 aromatic carbocycles. The lowest BCUT2D eigenvalue weighted by Crippen LogP contribution is -2.29. The molecule has 0 radical (unpaired) electrons. The summed E-state index contributed by atoms with van der Waals surface area (Å²) in [6.07, 6.45) is 6.51. The van der Waals surface area contributed by atoms with Gasteiger partial charge in [-0.1, -0.05) is 12.8 Å². The Labute approximate surface area is 376 Å². The molecule has 0 atom stereocenters. The van der Waals surface area contributed by atoms with E-state index in [0.717, 1.165) is 25.7 Å². The van der Waals surface area contributed by atoms with Crippen molar-refractivity contribution in [2.75, 3.05) is 171 Å². The van der Waals surface area contributed by atoms with Crippen LogP contribution >= 0.6 is 11.6 Å². The summed E-state index contributed by atoms with van der Waals surface area (Å²) in [6, 6.07) is 7.11. The third-order valence-electron chi connectivity index (χ3n) is 7.94. The number of pyridine rings is 2. The second-order valence-corrected chi connectivity index (χ2v) is 13.3. The molecular formula is C42H69ClN4O16. The van der Waals surface area contributed by atoms with E-state index in [1.807, 2.05) is 0 Å². The molecule has 0 aliphatic heterocycles. The number of aliphatic hydroxyl groups excluding tert-OH is 1. The van der Waals surface area contributed by atoms with Gasteiger partial charge < -0.3 is 77.3 Å². The molecule has 3 N–H and O–H groups in total. The number of hydrogen-bond donors (Lipinski definition) is 3. The molecule has 20 nitrogen and oxygen atoms in total. The molecule has 0 bridgehead atoms. The number of alkyl carbamates (subject to hydrolysis) is 2. The van der Waals surface area contributed by atoms with Crippen LogP contribution in [0.1, 0.15) is 25.7 Å². The fourth-order valence-electron chi connectivity index (χ4n) is 4.88. The van der Waals surface area contributed by atoms with Crippen molar-refractivity contribution in [1.82, 2.24) is 20.6 Å². The Morgan fingerprint density at radius 2 is 0.825 bits per heavy atom. The third kappa shape index (κ3) is 34.4. The Balaban J connectivity index is 1.30. The molecule has 0 fully saturated rings. The predicted molar refractivity (Wildman–Crippen MR) is 231 cm³/mol. The van der Waals surface area contributed by atoms with Gasteiger partial charge in [0.15, 0.2) is 0 Å². The number of nitrogens with one attached hydrogen (secondary N) is 2. The van der Waals surface area contributed by atoms with E-state index in [1.165, 1.54) is 0 Å². The standard InChI is InChI=1S/C42H69ClN4O16/c43-7-3-1-2-4-13-51-17-18-52-14-10-46-41(49)62-33-29-58-24-23-55-21-19-53-15-11-47-42(50)63-34-30-59-26-25-57-28-32-61-38-6-9-45-40(36-38)39-35-37(5-8-44-39)60-31-27-56-22-20-54-16-12-48/h5-6,8-9,35-36,48H,1-4,7,10-34H2,(H,46,49)(H,47,50). The molecule has 0 saturated heterocycles. The van der Waals surface area contributed by atoms with E-state index in [0.29, 0.717) is 154 Å². The quantitative estimate of drug-likeness (QED) is 0.0641. The van der Waals surface area contributed by atoms with Crippen LogP contribution in [0.5, 0.6) is 11.5 Å². The molecule has 2 rings (SSSR count). The Hall–Kier alpha value is -3.67. The summed E-state index contributed by atoms with van der Waals surface area (Å²) in [4.78, 5) is 32.3. The first kappa shape index (κ1) is 55.5. The fraction of sp³-hybridized carbons (Fsp3) is 0.714. The monoisotopic (exact) mass is 920 g/mol. The van der Waals surface area contributed by atoms with Gasteiger partial charge in [0.05, 0.1) is 130 Å². The summed E-state index contributed by atoms with van der Waals surface area (Å²) in [7, 11) is 0. The van der Waals surface area contributed by atoms with Crippen LogP contribution in [0.25, 0.3) is 11.4 Å². The Bertz CT molecular complexity index is 1370. The number of nitrogens with zero attached hydrogens (tertiary/aromatic N) is 2. The van der Waals surface area contributed by atoms with E-state index in [2.05, 4.69) is 20.6 Å². The van der Waals surface area contributed by atoms with Crippen LogP contribution in [-0.2, 0) is 52.1 Å². The van der Waals surface area contributed by atoms with Crippen LogP contribution in [0.4, 0.5) is 9.59 Å². The average Bonchev–Trinajstić information content (AvgIpc) is 3.30. The predicted octanol–water partition coefficient (Wildman–Crippen LogP) is 3.29. The molecule has 63 heavy (non-hydrogen) atoms. The molecule has 0 aliphatic carbocycles. The molecule has 0 unspecified atom stereocenters. The molecule has 2 amide bonds. The van der Waals surface area contributed by atoms with Gasteiger partial charge in [0, 0.05) is 50.1 Å². The number of ether oxygens (including phenoxy) is 13. The van der Waals surface area contributed by atoms with Crippen molar-refractivity contribution in [3.05, 3.63) is 36.7 Å². The highest BCUT2D eigenvalue weighted by atomic mass is 35.5. The van der Waals surface area contributed by atoms with Crippen molar-refractivity contribution in [3.8, 4) is 22.9 Å². The van der Waals surface area contributed by atoms with Gasteiger partial charge in [-0.05, 0) is 25.0 Å². The number of alkyl halides is 1. The smallest absolute Gasteiger partial charge is 0.407 e. The molecule has 21 heteroatoms. The molecule has 360 valence electrons. The maximum absolute atomic E-state index is 11.8. The SMILES string of the molecule is O=C(NCCOCCOCCCCCCCl)OCCOCCOCCOCCNC(=O)OCCOCCOCCOc1ccnc(-c2cc(OCCOCCOCCO)ccn2)c1. The first-order valence-electron chi connectivity index (χ1n) is 21.5. The lowest BCUT2D eigenvalue weighted by atomic mass is 10.2. The molecular weight excluding hydrogens is 852 g/mol. The zero-order valence-corrected chi connectivity index (χ0v) is 37.3. The average molecular weight is 921 g/mol. The van der Waals surface area contributed by atoms with Crippen LogP contribution in [0.15, 0.2) is 36.7 Å². The molecule has 0 saturated carbocycles. The number of rotatable bonds is 44. The van der Waals surface area contributed by atoms with Crippen molar-refractivity contribution < 1.29 is 76.3 Å². The minimum absolute atomic E-state index is 0.0106. The molecule has 0 spiro atoms. The van der Waals surface area contributed by atoms with Crippen molar-refractivity contribution in [3.63, 3.8) is 0 Å². The van der Waals surface area contributed by atoms with E-state index < -0.39 is 12.2 Å². The molecule has 2 aromatic rings. The number of carbonyl (C=O) groups excluding carboxylic acids is 2. The minimum Gasteiger partial charge on any atom is -0.491 e. The Morgan fingerprint density at radius 3 is 1.25 bits per heavy atom. The van der Waals surface area contributed by atoms with Gasteiger partial charge in [-0.2, -0.15) is 0 Å². The van der Waals surface area contributed by atoms with Crippen molar-refractivity contribution in [1.29, 1.82) is 0 Å². The Kier molecular flexibility index (Phi) is 37.2. The normalized spacial score (nSPS) is 11.1. The number of halogens is 1. The second kappa shape index (κ2) is 42.3. The summed E-state index contributed by atoms with van der Waals surface area (Å²) in [5, 5.41) is 13.9.